The number of aryl methyl sites for hydroxylation is 1. The molecule has 0 spiro atoms. The van der Waals surface area contributed by atoms with Gasteiger partial charge in [0.05, 0.1) is 12.2 Å². The molecule has 0 aliphatic carbocycles. The highest BCUT2D eigenvalue weighted by Crippen LogP contribution is 2.11. The van der Waals surface area contributed by atoms with E-state index in [4.69, 9.17) is 4.74 Å². The van der Waals surface area contributed by atoms with E-state index in [0.717, 1.165) is 18.4 Å². The minimum absolute atomic E-state index is 0.187. The summed E-state index contributed by atoms with van der Waals surface area (Å²) in [5, 5.41) is 0. The molecule has 0 fully saturated rings. The SMILES string of the molecule is CCCCCCCCCCCOC(=O)c1ccccc1C. The van der Waals surface area contributed by atoms with Crippen LogP contribution in [0.15, 0.2) is 24.3 Å². The Morgan fingerprint density at radius 2 is 1.48 bits per heavy atom. The van der Waals surface area contributed by atoms with Gasteiger partial charge in [-0.2, -0.15) is 0 Å². The van der Waals surface area contributed by atoms with Crippen molar-refractivity contribution >= 4 is 5.97 Å². The molecule has 1 aromatic rings. The number of carbonyl (C=O) groups is 1. The molecule has 0 saturated heterocycles. The highest BCUT2D eigenvalue weighted by atomic mass is 16.5. The van der Waals surface area contributed by atoms with Crippen molar-refractivity contribution < 1.29 is 9.53 Å². The van der Waals surface area contributed by atoms with Gasteiger partial charge in [-0.25, -0.2) is 4.79 Å². The first-order valence-corrected chi connectivity index (χ1v) is 8.48. The zero-order valence-corrected chi connectivity index (χ0v) is 13.7. The van der Waals surface area contributed by atoms with Crippen molar-refractivity contribution in [1.82, 2.24) is 0 Å². The Hall–Kier alpha value is -1.31. The van der Waals surface area contributed by atoms with Crippen LogP contribution >= 0.6 is 0 Å². The quantitative estimate of drug-likeness (QED) is 0.387. The van der Waals surface area contributed by atoms with E-state index in [9.17, 15) is 4.79 Å². The lowest BCUT2D eigenvalue weighted by atomic mass is 10.1. The van der Waals surface area contributed by atoms with Crippen LogP contribution in [-0.4, -0.2) is 12.6 Å². The predicted octanol–water partition coefficient (Wildman–Crippen LogP) is 5.68. The summed E-state index contributed by atoms with van der Waals surface area (Å²) in [6.45, 7) is 4.73. The summed E-state index contributed by atoms with van der Waals surface area (Å²) in [7, 11) is 0. The summed E-state index contributed by atoms with van der Waals surface area (Å²) in [5.41, 5.74) is 1.67. The Morgan fingerprint density at radius 1 is 0.905 bits per heavy atom. The smallest absolute Gasteiger partial charge is 0.338 e. The molecule has 0 aliphatic rings. The molecule has 0 aromatic heterocycles. The highest BCUT2D eigenvalue weighted by molar-refractivity contribution is 5.90. The molecule has 0 radical (unpaired) electrons. The molecule has 2 heteroatoms. The minimum atomic E-state index is -0.187. The summed E-state index contributed by atoms with van der Waals surface area (Å²) in [6, 6.07) is 7.58. The van der Waals surface area contributed by atoms with Crippen molar-refractivity contribution in [2.75, 3.05) is 6.61 Å². The highest BCUT2D eigenvalue weighted by Gasteiger charge is 2.08. The van der Waals surface area contributed by atoms with Gasteiger partial charge in [0.2, 0.25) is 0 Å². The number of esters is 1. The normalized spacial score (nSPS) is 10.6. The first-order valence-electron chi connectivity index (χ1n) is 8.48. The molecule has 0 unspecified atom stereocenters. The van der Waals surface area contributed by atoms with Crippen molar-refractivity contribution in [3.63, 3.8) is 0 Å². The lowest BCUT2D eigenvalue weighted by molar-refractivity contribution is 0.0497. The van der Waals surface area contributed by atoms with Crippen LogP contribution in [0.5, 0.6) is 0 Å². The summed E-state index contributed by atoms with van der Waals surface area (Å²) in [4.78, 5) is 11.9. The van der Waals surface area contributed by atoms with Crippen molar-refractivity contribution in [1.29, 1.82) is 0 Å². The van der Waals surface area contributed by atoms with Gasteiger partial charge in [0.25, 0.3) is 0 Å². The van der Waals surface area contributed by atoms with Crippen molar-refractivity contribution in [3.05, 3.63) is 35.4 Å². The van der Waals surface area contributed by atoms with Crippen LogP contribution in [0.1, 0.15) is 80.6 Å². The molecule has 21 heavy (non-hydrogen) atoms. The average Bonchev–Trinajstić information content (AvgIpc) is 2.49. The number of hydrogen-bond acceptors (Lipinski definition) is 2. The first kappa shape index (κ1) is 17.7. The lowest BCUT2D eigenvalue weighted by Gasteiger charge is -2.07. The fourth-order valence-electron chi connectivity index (χ4n) is 2.46. The van der Waals surface area contributed by atoms with E-state index in [0.29, 0.717) is 12.2 Å². The van der Waals surface area contributed by atoms with Crippen LogP contribution in [0.25, 0.3) is 0 Å². The average molecular weight is 290 g/mol. The van der Waals surface area contributed by atoms with Gasteiger partial charge < -0.3 is 4.74 Å². The molecule has 0 amide bonds. The zero-order chi connectivity index (χ0) is 15.3. The van der Waals surface area contributed by atoms with Crippen LogP contribution in [0.2, 0.25) is 0 Å². The van der Waals surface area contributed by atoms with Gasteiger partial charge in [-0.15, -0.1) is 0 Å². The standard InChI is InChI=1S/C19H30O2/c1-3-4-5-6-7-8-9-10-13-16-21-19(20)18-15-12-11-14-17(18)2/h11-12,14-15H,3-10,13,16H2,1-2H3. The summed E-state index contributed by atoms with van der Waals surface area (Å²) in [5.74, 6) is -0.187. The molecule has 0 bridgehead atoms. The number of ether oxygens (including phenoxy) is 1. The minimum Gasteiger partial charge on any atom is -0.462 e. The van der Waals surface area contributed by atoms with E-state index in [-0.39, 0.29) is 5.97 Å². The van der Waals surface area contributed by atoms with E-state index < -0.39 is 0 Å². The van der Waals surface area contributed by atoms with Gasteiger partial charge in [-0.1, -0.05) is 76.5 Å². The van der Waals surface area contributed by atoms with Crippen LogP contribution < -0.4 is 0 Å². The van der Waals surface area contributed by atoms with Gasteiger partial charge >= 0.3 is 5.97 Å². The molecule has 0 saturated carbocycles. The molecule has 0 aliphatic heterocycles. The molecular formula is C19H30O2. The third kappa shape index (κ3) is 7.89. The van der Waals surface area contributed by atoms with E-state index in [1.165, 1.54) is 44.9 Å². The van der Waals surface area contributed by atoms with Gasteiger partial charge in [0, 0.05) is 0 Å². The Morgan fingerprint density at radius 3 is 2.10 bits per heavy atom. The van der Waals surface area contributed by atoms with E-state index in [1.54, 1.807) is 0 Å². The topological polar surface area (TPSA) is 26.3 Å². The Balaban J connectivity index is 1.99. The monoisotopic (exact) mass is 290 g/mol. The van der Waals surface area contributed by atoms with Crippen molar-refractivity contribution in [2.24, 2.45) is 0 Å². The van der Waals surface area contributed by atoms with Crippen molar-refractivity contribution in [3.8, 4) is 0 Å². The first-order chi connectivity index (χ1) is 10.3. The van der Waals surface area contributed by atoms with E-state index in [2.05, 4.69) is 6.92 Å². The number of unbranched alkanes of at least 4 members (excludes halogenated alkanes) is 8. The summed E-state index contributed by atoms with van der Waals surface area (Å²) in [6.07, 6.45) is 11.5. The third-order valence-corrected chi connectivity index (χ3v) is 3.85. The Labute approximate surface area is 129 Å². The fourth-order valence-corrected chi connectivity index (χ4v) is 2.46. The third-order valence-electron chi connectivity index (χ3n) is 3.85. The molecule has 1 aromatic carbocycles. The summed E-state index contributed by atoms with van der Waals surface area (Å²) >= 11 is 0. The molecular weight excluding hydrogens is 260 g/mol. The molecule has 0 atom stereocenters. The number of rotatable bonds is 11. The Bertz CT molecular complexity index is 398. The lowest BCUT2D eigenvalue weighted by Crippen LogP contribution is -2.08. The Kier molecular flexibility index (Phi) is 9.60. The predicted molar refractivity (Wildman–Crippen MR) is 88.7 cm³/mol. The maximum Gasteiger partial charge on any atom is 0.338 e. The molecule has 118 valence electrons. The van der Waals surface area contributed by atoms with Crippen LogP contribution in [0.4, 0.5) is 0 Å². The van der Waals surface area contributed by atoms with Gasteiger partial charge in [-0.3, -0.25) is 0 Å². The maximum absolute atomic E-state index is 11.9. The molecule has 0 N–H and O–H groups in total. The van der Waals surface area contributed by atoms with Crippen molar-refractivity contribution in [2.45, 2.75) is 71.6 Å². The van der Waals surface area contributed by atoms with Gasteiger partial charge in [0.15, 0.2) is 0 Å². The largest absolute Gasteiger partial charge is 0.462 e. The second-order valence-corrected chi connectivity index (χ2v) is 5.78. The van der Waals surface area contributed by atoms with E-state index in [1.807, 2.05) is 31.2 Å². The molecule has 1 rings (SSSR count). The number of carbonyl (C=O) groups excluding carboxylic acids is 1. The second kappa shape index (κ2) is 11.4. The summed E-state index contributed by atoms with van der Waals surface area (Å²) < 4.78 is 5.33. The van der Waals surface area contributed by atoms with Gasteiger partial charge in [-0.05, 0) is 25.0 Å². The number of hydrogen-bond donors (Lipinski definition) is 0. The van der Waals surface area contributed by atoms with E-state index >= 15 is 0 Å². The molecule has 0 heterocycles. The second-order valence-electron chi connectivity index (χ2n) is 5.78. The molecule has 2 nitrogen and oxygen atoms in total. The fraction of sp³-hybridized carbons (Fsp3) is 0.632. The number of benzene rings is 1. The van der Waals surface area contributed by atoms with Crippen LogP contribution in [0.3, 0.4) is 0 Å². The van der Waals surface area contributed by atoms with Crippen LogP contribution in [-0.2, 0) is 4.74 Å². The van der Waals surface area contributed by atoms with Crippen LogP contribution in [0, 0.1) is 6.92 Å². The van der Waals surface area contributed by atoms with Gasteiger partial charge in [0.1, 0.15) is 0 Å². The maximum atomic E-state index is 11.9. The zero-order valence-electron chi connectivity index (χ0n) is 13.7.